The van der Waals surface area contributed by atoms with Crippen LogP contribution in [-0.2, 0) is 0 Å². The molecule has 0 radical (unpaired) electrons. The molecule has 0 bridgehead atoms. The van der Waals surface area contributed by atoms with Gasteiger partial charge in [0.25, 0.3) is 0 Å². The molecule has 3 rings (SSSR count). The fraction of sp³-hybridized carbons (Fsp3) is 1.00. The van der Waals surface area contributed by atoms with Crippen LogP contribution in [0.25, 0.3) is 0 Å². The standard InChI is InChI=1S/C9H15NO/c11-7-5-8(1-2-8)10-9(6-7)3-4-9/h7,10-11H,1-6H2. The van der Waals surface area contributed by atoms with Gasteiger partial charge in [-0.05, 0) is 38.5 Å². The molecule has 3 fully saturated rings. The highest BCUT2D eigenvalue weighted by Crippen LogP contribution is 2.53. The van der Waals surface area contributed by atoms with Crippen LogP contribution in [0.15, 0.2) is 0 Å². The molecule has 2 saturated carbocycles. The molecule has 2 spiro atoms. The van der Waals surface area contributed by atoms with Gasteiger partial charge < -0.3 is 10.4 Å². The van der Waals surface area contributed by atoms with E-state index in [0.29, 0.717) is 11.1 Å². The van der Waals surface area contributed by atoms with Gasteiger partial charge in [-0.15, -0.1) is 0 Å². The summed E-state index contributed by atoms with van der Waals surface area (Å²) in [7, 11) is 0. The lowest BCUT2D eigenvalue weighted by Crippen LogP contribution is -2.50. The van der Waals surface area contributed by atoms with Crippen LogP contribution < -0.4 is 5.32 Å². The van der Waals surface area contributed by atoms with E-state index in [9.17, 15) is 5.11 Å². The summed E-state index contributed by atoms with van der Waals surface area (Å²) in [5, 5.41) is 13.3. The van der Waals surface area contributed by atoms with Crippen molar-refractivity contribution in [3.8, 4) is 0 Å². The number of hydrogen-bond donors (Lipinski definition) is 2. The van der Waals surface area contributed by atoms with E-state index in [2.05, 4.69) is 5.32 Å². The second-order valence-electron chi connectivity index (χ2n) is 4.75. The van der Waals surface area contributed by atoms with Gasteiger partial charge in [0.2, 0.25) is 0 Å². The van der Waals surface area contributed by atoms with E-state index in [1.54, 1.807) is 0 Å². The molecule has 1 saturated heterocycles. The third-order valence-corrected chi connectivity index (χ3v) is 3.49. The summed E-state index contributed by atoms with van der Waals surface area (Å²) in [5.74, 6) is 0. The highest BCUT2D eigenvalue weighted by molar-refractivity contribution is 5.17. The van der Waals surface area contributed by atoms with Crippen molar-refractivity contribution in [2.24, 2.45) is 0 Å². The lowest BCUT2D eigenvalue weighted by molar-refractivity contribution is 0.0801. The maximum Gasteiger partial charge on any atom is 0.0575 e. The first kappa shape index (κ1) is 6.44. The monoisotopic (exact) mass is 153 g/mol. The Morgan fingerprint density at radius 1 is 1.00 bits per heavy atom. The van der Waals surface area contributed by atoms with Gasteiger partial charge in [0.05, 0.1) is 6.10 Å². The first-order valence-corrected chi connectivity index (χ1v) is 4.70. The molecule has 1 heterocycles. The topological polar surface area (TPSA) is 32.3 Å². The van der Waals surface area contributed by atoms with Crippen molar-refractivity contribution in [2.75, 3.05) is 0 Å². The molecule has 0 aromatic heterocycles. The number of aliphatic hydroxyl groups is 1. The summed E-state index contributed by atoms with van der Waals surface area (Å²) < 4.78 is 0. The Kier molecular flexibility index (Phi) is 0.961. The van der Waals surface area contributed by atoms with E-state index >= 15 is 0 Å². The third-order valence-electron chi connectivity index (χ3n) is 3.49. The van der Waals surface area contributed by atoms with Gasteiger partial charge in [0.1, 0.15) is 0 Å². The maximum atomic E-state index is 9.62. The maximum absolute atomic E-state index is 9.62. The first-order valence-electron chi connectivity index (χ1n) is 4.70. The molecule has 0 unspecified atom stereocenters. The van der Waals surface area contributed by atoms with Crippen LogP contribution >= 0.6 is 0 Å². The smallest absolute Gasteiger partial charge is 0.0575 e. The van der Waals surface area contributed by atoms with Gasteiger partial charge in [-0.2, -0.15) is 0 Å². The van der Waals surface area contributed by atoms with Gasteiger partial charge in [-0.25, -0.2) is 0 Å². The Labute approximate surface area is 67.0 Å². The van der Waals surface area contributed by atoms with Crippen LogP contribution in [0, 0.1) is 0 Å². The molecule has 2 nitrogen and oxygen atoms in total. The summed E-state index contributed by atoms with van der Waals surface area (Å²) in [6, 6.07) is 0. The number of aliphatic hydroxyl groups excluding tert-OH is 1. The molecule has 62 valence electrons. The molecule has 11 heavy (non-hydrogen) atoms. The Bertz CT molecular complexity index is 174. The molecule has 2 heteroatoms. The van der Waals surface area contributed by atoms with Crippen LogP contribution in [-0.4, -0.2) is 22.3 Å². The van der Waals surface area contributed by atoms with Crippen LogP contribution in [0.4, 0.5) is 0 Å². The molecular formula is C9H15NO. The molecule has 0 atom stereocenters. The average molecular weight is 153 g/mol. The van der Waals surface area contributed by atoms with Crippen LogP contribution in [0.1, 0.15) is 38.5 Å². The van der Waals surface area contributed by atoms with Crippen molar-refractivity contribution in [3.05, 3.63) is 0 Å². The zero-order valence-corrected chi connectivity index (χ0v) is 6.77. The summed E-state index contributed by atoms with van der Waals surface area (Å²) in [5.41, 5.74) is 0.794. The van der Waals surface area contributed by atoms with Crippen LogP contribution in [0.2, 0.25) is 0 Å². The van der Waals surface area contributed by atoms with Crippen molar-refractivity contribution in [2.45, 2.75) is 55.7 Å². The third kappa shape index (κ3) is 0.926. The molecule has 3 aliphatic rings. The van der Waals surface area contributed by atoms with Gasteiger partial charge in [-0.1, -0.05) is 0 Å². The van der Waals surface area contributed by atoms with E-state index in [-0.39, 0.29) is 6.10 Å². The molecule has 1 aliphatic heterocycles. The highest BCUT2D eigenvalue weighted by Gasteiger charge is 2.58. The fourth-order valence-electron chi connectivity index (χ4n) is 2.60. The zero-order chi connectivity index (χ0) is 7.53. The quantitative estimate of drug-likeness (QED) is 0.539. The minimum Gasteiger partial charge on any atom is -0.393 e. The Balaban J connectivity index is 1.82. The SMILES string of the molecule is OC1CC2(CC2)NC2(CC2)C1. The van der Waals surface area contributed by atoms with Gasteiger partial charge >= 0.3 is 0 Å². The van der Waals surface area contributed by atoms with Crippen molar-refractivity contribution in [1.82, 2.24) is 5.32 Å². The van der Waals surface area contributed by atoms with Crippen molar-refractivity contribution in [3.63, 3.8) is 0 Å². The lowest BCUT2D eigenvalue weighted by atomic mass is 9.92. The number of nitrogens with one attached hydrogen (secondary N) is 1. The van der Waals surface area contributed by atoms with E-state index in [1.807, 2.05) is 0 Å². The number of rotatable bonds is 0. The summed E-state index contributed by atoms with van der Waals surface area (Å²) in [4.78, 5) is 0. The van der Waals surface area contributed by atoms with Crippen molar-refractivity contribution < 1.29 is 5.11 Å². The summed E-state index contributed by atoms with van der Waals surface area (Å²) >= 11 is 0. The molecule has 0 aromatic rings. The van der Waals surface area contributed by atoms with E-state index < -0.39 is 0 Å². The average Bonchev–Trinajstić information content (AvgIpc) is 2.76. The zero-order valence-electron chi connectivity index (χ0n) is 6.77. The van der Waals surface area contributed by atoms with Crippen LogP contribution in [0.3, 0.4) is 0 Å². The largest absolute Gasteiger partial charge is 0.393 e. The van der Waals surface area contributed by atoms with E-state index in [1.165, 1.54) is 25.7 Å². The number of piperidine rings is 1. The fourth-order valence-corrected chi connectivity index (χ4v) is 2.60. The second-order valence-corrected chi connectivity index (χ2v) is 4.75. The lowest BCUT2D eigenvalue weighted by Gasteiger charge is -2.34. The van der Waals surface area contributed by atoms with Crippen molar-refractivity contribution >= 4 is 0 Å². The predicted molar refractivity (Wildman–Crippen MR) is 42.3 cm³/mol. The van der Waals surface area contributed by atoms with Crippen molar-refractivity contribution in [1.29, 1.82) is 0 Å². The Morgan fingerprint density at radius 3 is 1.82 bits per heavy atom. The highest BCUT2D eigenvalue weighted by atomic mass is 16.3. The predicted octanol–water partition coefficient (Wildman–Crippen LogP) is 0.796. The van der Waals surface area contributed by atoms with Crippen LogP contribution in [0.5, 0.6) is 0 Å². The molecular weight excluding hydrogens is 138 g/mol. The number of hydrogen-bond acceptors (Lipinski definition) is 2. The Hall–Kier alpha value is -0.0800. The first-order chi connectivity index (χ1) is 5.22. The molecule has 0 aromatic carbocycles. The normalized spacial score (nSPS) is 42.8. The van der Waals surface area contributed by atoms with Gasteiger partial charge in [-0.3, -0.25) is 0 Å². The summed E-state index contributed by atoms with van der Waals surface area (Å²) in [6.45, 7) is 0. The molecule has 2 N–H and O–H groups in total. The molecule has 2 aliphatic carbocycles. The van der Waals surface area contributed by atoms with E-state index in [4.69, 9.17) is 0 Å². The van der Waals surface area contributed by atoms with Gasteiger partial charge in [0.15, 0.2) is 0 Å². The second kappa shape index (κ2) is 1.64. The van der Waals surface area contributed by atoms with Gasteiger partial charge in [0, 0.05) is 11.1 Å². The van der Waals surface area contributed by atoms with E-state index in [0.717, 1.165) is 12.8 Å². The Morgan fingerprint density at radius 2 is 1.45 bits per heavy atom. The minimum absolute atomic E-state index is 0.0127. The summed E-state index contributed by atoms with van der Waals surface area (Å²) in [6.07, 6.45) is 7.19. The minimum atomic E-state index is -0.0127. The molecule has 0 amide bonds.